The first-order valence-electron chi connectivity index (χ1n) is 8.60. The Labute approximate surface area is 160 Å². The van der Waals surface area contributed by atoms with Gasteiger partial charge >= 0.3 is 0 Å². The quantitative estimate of drug-likeness (QED) is 0.617. The van der Waals surface area contributed by atoms with Crippen LogP contribution in [0.5, 0.6) is 0 Å². The lowest BCUT2D eigenvalue weighted by atomic mass is 9.99. The second kappa shape index (κ2) is 7.25. The Hall–Kier alpha value is -2.11. The van der Waals surface area contributed by atoms with Crippen molar-refractivity contribution in [2.75, 3.05) is 0 Å². The molecular weight excluding hydrogens is 368 g/mol. The molecule has 4 rings (SSSR count). The number of halogens is 1. The Bertz CT molecular complexity index is 1030. The van der Waals surface area contributed by atoms with E-state index in [0.29, 0.717) is 33.2 Å². The average molecular weight is 385 g/mol. The van der Waals surface area contributed by atoms with Gasteiger partial charge in [0.25, 0.3) is 5.56 Å². The van der Waals surface area contributed by atoms with Crippen LogP contribution in [-0.2, 0) is 4.79 Å². The van der Waals surface area contributed by atoms with Crippen molar-refractivity contribution in [3.05, 3.63) is 63.9 Å². The third-order valence-corrected chi connectivity index (χ3v) is 6.10. The number of para-hydroxylation sites is 1. The largest absolute Gasteiger partial charge is 0.298 e. The maximum Gasteiger partial charge on any atom is 0.266 e. The Morgan fingerprint density at radius 1 is 1.04 bits per heavy atom. The summed E-state index contributed by atoms with van der Waals surface area (Å²) in [6, 6.07) is 14.4. The van der Waals surface area contributed by atoms with Crippen LogP contribution >= 0.6 is 23.4 Å². The molecule has 0 radical (unpaired) electrons. The van der Waals surface area contributed by atoms with Crippen molar-refractivity contribution in [2.45, 2.75) is 36.1 Å². The summed E-state index contributed by atoms with van der Waals surface area (Å²) in [5.74, 6) is 0.242. The van der Waals surface area contributed by atoms with Gasteiger partial charge in [-0.15, -0.1) is 0 Å². The zero-order valence-corrected chi connectivity index (χ0v) is 15.6. The molecule has 0 bridgehead atoms. The highest BCUT2D eigenvalue weighted by Gasteiger charge is 2.26. The van der Waals surface area contributed by atoms with Crippen molar-refractivity contribution < 1.29 is 4.79 Å². The summed E-state index contributed by atoms with van der Waals surface area (Å²) in [6.45, 7) is 0. The van der Waals surface area contributed by atoms with Gasteiger partial charge in [-0.05, 0) is 49.2 Å². The third kappa shape index (κ3) is 3.29. The molecule has 0 aliphatic heterocycles. The van der Waals surface area contributed by atoms with Crippen molar-refractivity contribution in [2.24, 2.45) is 0 Å². The molecular formula is C20H17ClN2O2S. The van der Waals surface area contributed by atoms with Gasteiger partial charge < -0.3 is 0 Å². The maximum absolute atomic E-state index is 13.1. The molecule has 2 aromatic carbocycles. The zero-order valence-electron chi connectivity index (χ0n) is 14.0. The first-order valence-corrected chi connectivity index (χ1v) is 9.86. The van der Waals surface area contributed by atoms with E-state index < -0.39 is 0 Å². The maximum atomic E-state index is 13.1. The third-order valence-electron chi connectivity index (χ3n) is 4.58. The monoisotopic (exact) mass is 384 g/mol. The smallest absolute Gasteiger partial charge is 0.266 e. The van der Waals surface area contributed by atoms with Gasteiger partial charge in [0.1, 0.15) is 5.78 Å². The number of nitrogens with zero attached hydrogens (tertiary/aromatic N) is 2. The Morgan fingerprint density at radius 3 is 2.58 bits per heavy atom. The van der Waals surface area contributed by atoms with Crippen molar-refractivity contribution in [1.29, 1.82) is 0 Å². The Balaban J connectivity index is 1.89. The summed E-state index contributed by atoms with van der Waals surface area (Å²) in [7, 11) is 0. The lowest BCUT2D eigenvalue weighted by Gasteiger charge is -2.21. The fourth-order valence-corrected chi connectivity index (χ4v) is 4.57. The van der Waals surface area contributed by atoms with Crippen molar-refractivity contribution >= 4 is 40.0 Å². The number of Topliss-reactive ketones (excluding diaryl/α,β-unsaturated/α-hetero) is 1. The minimum absolute atomic E-state index is 0.135. The van der Waals surface area contributed by atoms with Crippen LogP contribution in [0, 0.1) is 0 Å². The lowest BCUT2D eigenvalue weighted by Crippen LogP contribution is -2.26. The van der Waals surface area contributed by atoms with E-state index in [2.05, 4.69) is 0 Å². The van der Waals surface area contributed by atoms with E-state index in [0.717, 1.165) is 19.3 Å². The molecule has 132 valence electrons. The minimum atomic E-state index is -0.143. The highest BCUT2D eigenvalue weighted by molar-refractivity contribution is 8.00. The van der Waals surface area contributed by atoms with E-state index >= 15 is 0 Å². The van der Waals surface area contributed by atoms with Crippen molar-refractivity contribution in [3.63, 3.8) is 0 Å². The fourth-order valence-electron chi connectivity index (χ4n) is 3.21. The average Bonchev–Trinajstić information content (AvgIpc) is 2.65. The van der Waals surface area contributed by atoms with Crippen LogP contribution in [0.2, 0.25) is 5.02 Å². The molecule has 0 amide bonds. The Morgan fingerprint density at radius 2 is 1.81 bits per heavy atom. The number of fused-ring (bicyclic) bond motifs is 1. The predicted molar refractivity (Wildman–Crippen MR) is 105 cm³/mol. The minimum Gasteiger partial charge on any atom is -0.298 e. The zero-order chi connectivity index (χ0) is 18.1. The summed E-state index contributed by atoms with van der Waals surface area (Å²) in [5.41, 5.74) is 1.21. The number of rotatable bonds is 3. The molecule has 1 aliphatic carbocycles. The molecule has 1 aromatic heterocycles. The standard InChI is InChI=1S/C20H17ClN2O2S/c21-13-9-11-14(12-10-13)23-19(25)15-5-1-2-6-16(15)22-20(23)26-18-8-4-3-7-17(18)24/h1-2,5-6,9-12,18H,3-4,7-8H2. The lowest BCUT2D eigenvalue weighted by molar-refractivity contribution is -0.119. The van der Waals surface area contributed by atoms with Gasteiger partial charge in [-0.25, -0.2) is 4.98 Å². The van der Waals surface area contributed by atoms with Crippen LogP contribution in [0.25, 0.3) is 16.6 Å². The summed E-state index contributed by atoms with van der Waals surface area (Å²) in [6.07, 6.45) is 3.41. The summed E-state index contributed by atoms with van der Waals surface area (Å²) >= 11 is 7.39. The number of ketones is 1. The van der Waals surface area contributed by atoms with Crippen LogP contribution in [0.3, 0.4) is 0 Å². The summed E-state index contributed by atoms with van der Waals surface area (Å²) in [4.78, 5) is 30.1. The second-order valence-electron chi connectivity index (χ2n) is 6.35. The molecule has 1 saturated carbocycles. The molecule has 0 N–H and O–H groups in total. The molecule has 1 unspecified atom stereocenters. The SMILES string of the molecule is O=C1CCCCC1Sc1nc2ccccc2c(=O)n1-c1ccc(Cl)cc1. The highest BCUT2D eigenvalue weighted by atomic mass is 35.5. The van der Waals surface area contributed by atoms with E-state index in [1.165, 1.54) is 11.8 Å². The summed E-state index contributed by atoms with van der Waals surface area (Å²) in [5, 5.41) is 1.57. The molecule has 1 atom stereocenters. The highest BCUT2D eigenvalue weighted by Crippen LogP contribution is 2.32. The van der Waals surface area contributed by atoms with Gasteiger partial charge in [-0.3, -0.25) is 14.2 Å². The van der Waals surface area contributed by atoms with E-state index in [1.807, 2.05) is 18.2 Å². The molecule has 0 spiro atoms. The number of carbonyl (C=O) groups is 1. The Kier molecular flexibility index (Phi) is 4.83. The molecule has 26 heavy (non-hydrogen) atoms. The second-order valence-corrected chi connectivity index (χ2v) is 7.95. The number of carbonyl (C=O) groups excluding carboxylic acids is 1. The first-order chi connectivity index (χ1) is 12.6. The molecule has 1 fully saturated rings. The summed E-state index contributed by atoms with van der Waals surface area (Å²) < 4.78 is 1.59. The van der Waals surface area contributed by atoms with Gasteiger partial charge in [0, 0.05) is 11.4 Å². The topological polar surface area (TPSA) is 52.0 Å². The van der Waals surface area contributed by atoms with E-state index in [1.54, 1.807) is 34.9 Å². The molecule has 3 aromatic rings. The number of aromatic nitrogens is 2. The molecule has 4 nitrogen and oxygen atoms in total. The molecule has 1 heterocycles. The van der Waals surface area contributed by atoms with Gasteiger partial charge in [0.2, 0.25) is 0 Å². The predicted octanol–water partition coefficient (Wildman–Crippen LogP) is 4.64. The van der Waals surface area contributed by atoms with E-state index in [9.17, 15) is 9.59 Å². The van der Waals surface area contributed by atoms with Gasteiger partial charge in [-0.2, -0.15) is 0 Å². The van der Waals surface area contributed by atoms with Crippen LogP contribution in [-0.4, -0.2) is 20.6 Å². The first kappa shape index (κ1) is 17.3. The van der Waals surface area contributed by atoms with Crippen LogP contribution in [0.15, 0.2) is 58.5 Å². The number of hydrogen-bond acceptors (Lipinski definition) is 4. The number of hydrogen-bond donors (Lipinski definition) is 0. The van der Waals surface area contributed by atoms with Crippen LogP contribution in [0.1, 0.15) is 25.7 Å². The van der Waals surface area contributed by atoms with E-state index in [-0.39, 0.29) is 16.6 Å². The molecule has 0 saturated heterocycles. The van der Waals surface area contributed by atoms with Gasteiger partial charge in [0.05, 0.1) is 21.8 Å². The fraction of sp³-hybridized carbons (Fsp3) is 0.250. The van der Waals surface area contributed by atoms with Crippen LogP contribution in [0.4, 0.5) is 0 Å². The molecule has 1 aliphatic rings. The number of thioether (sulfide) groups is 1. The van der Waals surface area contributed by atoms with Gasteiger partial charge in [-0.1, -0.05) is 41.9 Å². The molecule has 6 heteroatoms. The van der Waals surface area contributed by atoms with E-state index in [4.69, 9.17) is 16.6 Å². The van der Waals surface area contributed by atoms with Crippen molar-refractivity contribution in [1.82, 2.24) is 9.55 Å². The number of benzene rings is 2. The normalized spacial score (nSPS) is 17.6. The van der Waals surface area contributed by atoms with Gasteiger partial charge in [0.15, 0.2) is 5.16 Å². The van der Waals surface area contributed by atoms with Crippen molar-refractivity contribution in [3.8, 4) is 5.69 Å². The van der Waals surface area contributed by atoms with Crippen LogP contribution < -0.4 is 5.56 Å².